The van der Waals surface area contributed by atoms with Gasteiger partial charge in [0, 0.05) is 11.8 Å². The van der Waals surface area contributed by atoms with Crippen LogP contribution in [0, 0.1) is 6.92 Å². The Morgan fingerprint density at radius 1 is 1.27 bits per heavy atom. The van der Waals surface area contributed by atoms with Gasteiger partial charge in [-0.05, 0) is 51.7 Å². The van der Waals surface area contributed by atoms with Gasteiger partial charge in [0.1, 0.15) is 0 Å². The molecule has 5 nitrogen and oxygen atoms in total. The minimum atomic E-state index is -0.559. The second kappa shape index (κ2) is 6.03. The van der Waals surface area contributed by atoms with Crippen molar-refractivity contribution in [3.05, 3.63) is 28.9 Å². The van der Waals surface area contributed by atoms with Crippen molar-refractivity contribution < 1.29 is 19.2 Å². The molecule has 0 bridgehead atoms. The molecule has 1 saturated heterocycles. The first kappa shape index (κ1) is 17.0. The number of aliphatic hydroxyl groups excluding tert-OH is 1. The van der Waals surface area contributed by atoms with Gasteiger partial charge in [0.15, 0.2) is 0 Å². The average molecular weight is 305 g/mol. The monoisotopic (exact) mass is 305 g/mol. The Labute approximate surface area is 132 Å². The summed E-state index contributed by atoms with van der Waals surface area (Å²) in [6.07, 6.45) is 1.86. The van der Waals surface area contributed by atoms with Crippen LogP contribution < -0.4 is 4.74 Å². The number of hydrogen-bond acceptors (Lipinski definition) is 5. The molecular weight excluding hydrogens is 281 g/mol. The third-order valence-electron chi connectivity index (χ3n) is 4.39. The van der Waals surface area contributed by atoms with Crippen molar-refractivity contribution >= 4 is 13.2 Å². The molecular formula is C16H24BNO4. The van der Waals surface area contributed by atoms with Crippen LogP contribution in [0.2, 0.25) is 0 Å². The fourth-order valence-corrected chi connectivity index (χ4v) is 2.20. The third-order valence-corrected chi connectivity index (χ3v) is 4.39. The van der Waals surface area contributed by atoms with E-state index in [-0.39, 0.29) is 6.61 Å². The van der Waals surface area contributed by atoms with Gasteiger partial charge in [-0.25, -0.2) is 4.98 Å². The number of methoxy groups -OCH3 is 1. The molecule has 1 aromatic rings. The molecule has 2 rings (SSSR count). The number of aryl methyl sites for hydroxylation is 1. The second-order valence-corrected chi connectivity index (χ2v) is 6.49. The Kier molecular flexibility index (Phi) is 4.66. The highest BCUT2D eigenvalue weighted by Crippen LogP contribution is 2.38. The molecule has 0 aromatic carbocycles. The normalized spacial score (nSPS) is 20.3. The summed E-state index contributed by atoms with van der Waals surface area (Å²) in [5, 5.41) is 9.71. The maximum atomic E-state index is 9.71. The first-order valence-electron chi connectivity index (χ1n) is 7.39. The lowest BCUT2D eigenvalue weighted by Gasteiger charge is -2.32. The molecule has 1 fully saturated rings. The van der Waals surface area contributed by atoms with Gasteiger partial charge >= 0.3 is 7.12 Å². The van der Waals surface area contributed by atoms with Crippen LogP contribution in [0.1, 0.15) is 39.0 Å². The van der Waals surface area contributed by atoms with Crippen LogP contribution in [-0.4, -0.2) is 42.1 Å². The zero-order chi connectivity index (χ0) is 16.5. The van der Waals surface area contributed by atoms with E-state index in [1.165, 1.54) is 0 Å². The van der Waals surface area contributed by atoms with Crippen molar-refractivity contribution in [1.29, 1.82) is 0 Å². The van der Waals surface area contributed by atoms with Crippen molar-refractivity contribution in [2.24, 2.45) is 0 Å². The third kappa shape index (κ3) is 3.19. The Morgan fingerprint density at radius 2 is 1.86 bits per heavy atom. The molecule has 0 radical (unpaired) electrons. The van der Waals surface area contributed by atoms with Crippen LogP contribution in [0.3, 0.4) is 0 Å². The maximum absolute atomic E-state index is 9.71. The van der Waals surface area contributed by atoms with Gasteiger partial charge in [-0.2, -0.15) is 0 Å². The van der Waals surface area contributed by atoms with Gasteiger partial charge in [0.05, 0.1) is 24.9 Å². The summed E-state index contributed by atoms with van der Waals surface area (Å²) >= 11 is 0. The fourth-order valence-electron chi connectivity index (χ4n) is 2.20. The van der Waals surface area contributed by atoms with Gasteiger partial charge in [0.25, 0.3) is 0 Å². The van der Waals surface area contributed by atoms with E-state index in [9.17, 15) is 5.11 Å². The van der Waals surface area contributed by atoms with Crippen LogP contribution >= 0.6 is 0 Å². The quantitative estimate of drug-likeness (QED) is 0.866. The molecule has 2 heterocycles. The molecule has 22 heavy (non-hydrogen) atoms. The fraction of sp³-hybridized carbons (Fsp3) is 0.562. The predicted octanol–water partition coefficient (Wildman–Crippen LogP) is 2.41. The highest BCUT2D eigenvalue weighted by molar-refractivity contribution is 6.55. The smallest absolute Gasteiger partial charge is 0.481 e. The number of aromatic nitrogens is 1. The Balaban J connectivity index is 2.29. The molecule has 0 spiro atoms. The van der Waals surface area contributed by atoms with Gasteiger partial charge in [0.2, 0.25) is 5.88 Å². The Morgan fingerprint density at radius 3 is 2.32 bits per heavy atom. The summed E-state index contributed by atoms with van der Waals surface area (Å²) in [7, 11) is 1.03. The van der Waals surface area contributed by atoms with Crippen LogP contribution in [0.15, 0.2) is 17.6 Å². The summed E-state index contributed by atoms with van der Waals surface area (Å²) in [4.78, 5) is 4.33. The SMILES string of the molecule is COc1ccc(C=C(CO)B2OC(C)(C)C(C)(C)O2)c(C)n1. The summed E-state index contributed by atoms with van der Waals surface area (Å²) in [6.45, 7) is 9.71. The number of nitrogens with zero attached hydrogens (tertiary/aromatic N) is 1. The first-order chi connectivity index (χ1) is 10.2. The summed E-state index contributed by atoms with van der Waals surface area (Å²) in [6, 6.07) is 3.69. The Bertz CT molecular complexity index is 568. The molecule has 0 aliphatic carbocycles. The highest BCUT2D eigenvalue weighted by atomic mass is 16.7. The number of ether oxygens (including phenoxy) is 1. The molecule has 1 aromatic heterocycles. The summed E-state index contributed by atoms with van der Waals surface area (Å²) in [5.74, 6) is 0.566. The molecule has 0 atom stereocenters. The van der Waals surface area contributed by atoms with E-state index in [2.05, 4.69) is 4.98 Å². The molecule has 1 N–H and O–H groups in total. The lowest BCUT2D eigenvalue weighted by atomic mass is 9.77. The summed E-state index contributed by atoms with van der Waals surface area (Å²) in [5.41, 5.74) is 1.54. The molecule has 0 saturated carbocycles. The van der Waals surface area contributed by atoms with Crippen molar-refractivity contribution in [3.63, 3.8) is 0 Å². The van der Waals surface area contributed by atoms with Crippen molar-refractivity contribution in [2.45, 2.75) is 45.8 Å². The van der Waals surface area contributed by atoms with Crippen molar-refractivity contribution in [3.8, 4) is 5.88 Å². The number of rotatable bonds is 4. The standard InChI is InChI=1S/C16H24BNO4/c1-11-12(7-8-14(18-11)20-6)9-13(10-19)17-21-15(2,3)16(4,5)22-17/h7-9,19H,10H2,1-6H3. The minimum absolute atomic E-state index is 0.137. The second-order valence-electron chi connectivity index (χ2n) is 6.49. The maximum Gasteiger partial charge on any atom is 0.492 e. The lowest BCUT2D eigenvalue weighted by Crippen LogP contribution is -2.41. The van der Waals surface area contributed by atoms with Crippen molar-refractivity contribution in [1.82, 2.24) is 4.98 Å². The lowest BCUT2D eigenvalue weighted by molar-refractivity contribution is 0.00578. The van der Waals surface area contributed by atoms with Crippen LogP contribution in [0.5, 0.6) is 5.88 Å². The highest BCUT2D eigenvalue weighted by Gasteiger charge is 2.52. The van der Waals surface area contributed by atoms with Crippen molar-refractivity contribution in [2.75, 3.05) is 13.7 Å². The van der Waals surface area contributed by atoms with E-state index in [4.69, 9.17) is 14.0 Å². The van der Waals surface area contributed by atoms with Gasteiger partial charge < -0.3 is 19.2 Å². The summed E-state index contributed by atoms with van der Waals surface area (Å²) < 4.78 is 17.1. The van der Waals surface area contributed by atoms with Crippen LogP contribution in [-0.2, 0) is 9.31 Å². The Hall–Kier alpha value is -1.37. The van der Waals surface area contributed by atoms with Gasteiger partial charge in [-0.1, -0.05) is 6.08 Å². The average Bonchev–Trinajstić information content (AvgIpc) is 2.65. The molecule has 1 aliphatic heterocycles. The molecule has 6 heteroatoms. The largest absolute Gasteiger partial charge is 0.492 e. The topological polar surface area (TPSA) is 60.8 Å². The van der Waals surface area contributed by atoms with Gasteiger partial charge in [-0.15, -0.1) is 0 Å². The van der Waals surface area contributed by atoms with E-state index < -0.39 is 18.3 Å². The molecule has 0 amide bonds. The van der Waals surface area contributed by atoms with E-state index in [0.29, 0.717) is 11.4 Å². The number of hydrogen-bond donors (Lipinski definition) is 1. The number of pyridine rings is 1. The van der Waals surface area contributed by atoms with E-state index >= 15 is 0 Å². The molecule has 1 aliphatic rings. The first-order valence-corrected chi connectivity index (χ1v) is 7.39. The predicted molar refractivity (Wildman–Crippen MR) is 86.7 cm³/mol. The van der Waals surface area contributed by atoms with E-state index in [0.717, 1.165) is 11.3 Å². The number of aliphatic hydroxyl groups is 1. The minimum Gasteiger partial charge on any atom is -0.481 e. The van der Waals surface area contributed by atoms with Gasteiger partial charge in [-0.3, -0.25) is 0 Å². The van der Waals surface area contributed by atoms with Crippen LogP contribution in [0.4, 0.5) is 0 Å². The molecule has 120 valence electrons. The van der Waals surface area contributed by atoms with E-state index in [1.54, 1.807) is 13.2 Å². The molecule has 0 unspecified atom stereocenters. The van der Waals surface area contributed by atoms with Crippen LogP contribution in [0.25, 0.3) is 6.08 Å². The zero-order valence-corrected chi connectivity index (χ0v) is 14.1. The van der Waals surface area contributed by atoms with E-state index in [1.807, 2.05) is 46.8 Å². The zero-order valence-electron chi connectivity index (χ0n) is 14.1.